The summed E-state index contributed by atoms with van der Waals surface area (Å²) in [5.74, 6) is -1.18. The molecule has 0 atom stereocenters. The fourth-order valence-corrected chi connectivity index (χ4v) is 16.2. The molecule has 2 aliphatic rings. The average Bonchev–Trinajstić information content (AvgIpc) is 1.62. The van der Waals surface area contributed by atoms with Gasteiger partial charge in [0.2, 0.25) is 0 Å². The van der Waals surface area contributed by atoms with Crippen molar-refractivity contribution in [2.45, 2.75) is 129 Å². The molecule has 137 heavy (non-hydrogen) atoms. The van der Waals surface area contributed by atoms with E-state index in [1.54, 1.807) is 31.2 Å². The molecule has 2 fully saturated rings. The molecule has 0 bridgehead atoms. The summed E-state index contributed by atoms with van der Waals surface area (Å²) in [4.78, 5) is 0. The zero-order valence-corrected chi connectivity index (χ0v) is 79.7. The SMILES string of the molecule is Cc1ccc(-c2ccc(-c3ccccc3)cc2)cc1B1OC(C)(C)C(C)(C)O1.Cc1ccc(-c2cccc(-c3cccc(OS(=O)(=O)C(F)(F)F)c3)c2)cc1.Cc1ccc(-c2cccc(OS(=O)(=O)C(F)(F)F)c2)cc1-c1ccccc1.Cc1ccc(B2OC(C)(C)C(C)(C)O2)cc1-c1cccc(-c2ccccc2)c1.Cc1ccc(OS(=O)(=O)C(F)(F)F)cc1-c1cccc(-c2ccccc2)c1. The Bertz CT molecular complexity index is 7100. The first-order chi connectivity index (χ1) is 64.5. The molecule has 2 aliphatic heterocycles. The second-order valence-corrected chi connectivity index (χ2v) is 39.6. The van der Waals surface area contributed by atoms with Crippen LogP contribution in [-0.2, 0) is 49.0 Å². The van der Waals surface area contributed by atoms with Crippen molar-refractivity contribution in [3.8, 4) is 129 Å². The van der Waals surface area contributed by atoms with E-state index in [-0.39, 0.29) is 36.6 Å². The van der Waals surface area contributed by atoms with Gasteiger partial charge in [-0.15, -0.1) is 0 Å². The van der Waals surface area contributed by atoms with Gasteiger partial charge in [0.05, 0.1) is 22.4 Å². The van der Waals surface area contributed by atoms with Gasteiger partial charge in [0.25, 0.3) is 0 Å². The third-order valence-corrected chi connectivity index (χ3v) is 27.0. The van der Waals surface area contributed by atoms with Crippen LogP contribution in [0.5, 0.6) is 17.2 Å². The molecule has 17 rings (SSSR count). The quantitative estimate of drug-likeness (QED) is 0.0345. The van der Waals surface area contributed by atoms with Gasteiger partial charge >= 0.3 is 61.1 Å². The molecule has 0 aromatic heterocycles. The lowest BCUT2D eigenvalue weighted by Crippen LogP contribution is -2.41. The van der Waals surface area contributed by atoms with Crippen molar-refractivity contribution in [1.82, 2.24) is 0 Å². The normalized spacial score (nSPS) is 14.3. The number of benzene rings is 15. The second kappa shape index (κ2) is 41.4. The molecule has 13 nitrogen and oxygen atoms in total. The first-order valence-electron chi connectivity index (χ1n) is 43.6. The van der Waals surface area contributed by atoms with Crippen LogP contribution in [-0.4, -0.2) is 78.4 Å². The molecule has 15 aromatic carbocycles. The zero-order valence-electron chi connectivity index (χ0n) is 77.2. The van der Waals surface area contributed by atoms with Crippen molar-refractivity contribution < 1.29 is 95.9 Å². The van der Waals surface area contributed by atoms with Crippen LogP contribution in [0.2, 0.25) is 0 Å². The van der Waals surface area contributed by atoms with Crippen LogP contribution in [0.4, 0.5) is 39.5 Å². The van der Waals surface area contributed by atoms with Gasteiger partial charge in [-0.3, -0.25) is 0 Å². The maximum absolute atomic E-state index is 12.5. The molecule has 0 aliphatic carbocycles. The summed E-state index contributed by atoms with van der Waals surface area (Å²) in [6.07, 6.45) is 0. The Morgan fingerprint density at radius 3 is 0.869 bits per heavy atom. The first kappa shape index (κ1) is 101. The number of halogens is 9. The lowest BCUT2D eigenvalue weighted by Gasteiger charge is -2.32. The molecule has 0 spiro atoms. The zero-order chi connectivity index (χ0) is 98.9. The largest absolute Gasteiger partial charge is 0.534 e. The number of aryl methyl sites for hydroxylation is 5. The van der Waals surface area contributed by atoms with E-state index in [2.05, 4.69) is 215 Å². The summed E-state index contributed by atoms with van der Waals surface area (Å²) in [6.45, 7) is 26.7. The van der Waals surface area contributed by atoms with E-state index in [0.29, 0.717) is 16.7 Å². The van der Waals surface area contributed by atoms with Crippen LogP contribution in [0.15, 0.2) is 364 Å². The first-order valence-corrected chi connectivity index (χ1v) is 47.8. The molecule has 2 saturated heterocycles. The lowest BCUT2D eigenvalue weighted by molar-refractivity contribution is -0.0504. The van der Waals surface area contributed by atoms with E-state index in [4.69, 9.17) is 18.6 Å². The molecule has 2 heterocycles. The maximum atomic E-state index is 12.5. The number of rotatable bonds is 18. The molecular formula is C110H99B2F9O13S3. The minimum absolute atomic E-state index is 0.336. The number of alkyl halides is 9. The molecule has 0 radical (unpaired) electrons. The van der Waals surface area contributed by atoms with Gasteiger partial charge in [-0.25, -0.2) is 0 Å². The highest BCUT2D eigenvalue weighted by Crippen LogP contribution is 2.43. The lowest BCUT2D eigenvalue weighted by atomic mass is 9.75. The molecule has 0 unspecified atom stereocenters. The molecule has 27 heteroatoms. The highest BCUT2D eigenvalue weighted by atomic mass is 32.2. The minimum Gasteiger partial charge on any atom is -0.399 e. The van der Waals surface area contributed by atoms with E-state index in [1.165, 1.54) is 104 Å². The van der Waals surface area contributed by atoms with Crippen molar-refractivity contribution in [3.63, 3.8) is 0 Å². The van der Waals surface area contributed by atoms with Gasteiger partial charge in [0, 0.05) is 0 Å². The van der Waals surface area contributed by atoms with Crippen LogP contribution in [0.25, 0.3) is 111 Å². The Balaban J connectivity index is 0.000000145. The van der Waals surface area contributed by atoms with E-state index in [0.717, 1.165) is 83.8 Å². The van der Waals surface area contributed by atoms with Crippen LogP contribution in [0, 0.1) is 34.6 Å². The van der Waals surface area contributed by atoms with Crippen LogP contribution in [0.1, 0.15) is 83.2 Å². The summed E-state index contributed by atoms with van der Waals surface area (Å²) in [6, 6.07) is 114. The van der Waals surface area contributed by atoms with Crippen molar-refractivity contribution in [2.75, 3.05) is 0 Å². The molecule has 0 amide bonds. The van der Waals surface area contributed by atoms with Gasteiger partial charge in [0.15, 0.2) is 0 Å². The van der Waals surface area contributed by atoms with Crippen molar-refractivity contribution in [3.05, 3.63) is 392 Å². The van der Waals surface area contributed by atoms with E-state index < -0.39 is 64.1 Å². The predicted molar refractivity (Wildman–Crippen MR) is 528 cm³/mol. The van der Waals surface area contributed by atoms with Gasteiger partial charge in [-0.05, 0) is 290 Å². The summed E-state index contributed by atoms with van der Waals surface area (Å²) in [7, 11) is -17.8. The van der Waals surface area contributed by atoms with Crippen molar-refractivity contribution in [1.29, 1.82) is 0 Å². The number of hydrogen-bond donors (Lipinski definition) is 0. The third kappa shape index (κ3) is 24.8. The van der Waals surface area contributed by atoms with Crippen molar-refractivity contribution in [2.24, 2.45) is 0 Å². The summed E-state index contributed by atoms with van der Waals surface area (Å²) < 4.78 is 218. The fraction of sp³-hybridized carbons (Fsp3) is 0.182. The Morgan fingerprint density at radius 1 is 0.226 bits per heavy atom. The topological polar surface area (TPSA) is 167 Å². The smallest absolute Gasteiger partial charge is 0.399 e. The van der Waals surface area contributed by atoms with Crippen molar-refractivity contribution >= 4 is 55.5 Å². The van der Waals surface area contributed by atoms with E-state index in [9.17, 15) is 64.8 Å². The maximum Gasteiger partial charge on any atom is 0.534 e. The highest BCUT2D eigenvalue weighted by Gasteiger charge is 2.54. The summed E-state index contributed by atoms with van der Waals surface area (Å²) in [5.41, 5.74) is 9.13. The predicted octanol–water partition coefficient (Wildman–Crippen LogP) is 27.9. The molecule has 0 saturated carbocycles. The molecule has 15 aromatic rings. The Kier molecular flexibility index (Phi) is 30.7. The Morgan fingerprint density at radius 2 is 0.474 bits per heavy atom. The Labute approximate surface area is 795 Å². The van der Waals surface area contributed by atoms with Gasteiger partial charge in [-0.2, -0.15) is 64.8 Å². The van der Waals surface area contributed by atoms with Crippen LogP contribution in [0.3, 0.4) is 0 Å². The molecule has 704 valence electrons. The Hall–Kier alpha value is -13.1. The van der Waals surface area contributed by atoms with Crippen LogP contribution < -0.4 is 23.5 Å². The molecule has 0 N–H and O–H groups in total. The third-order valence-electron chi connectivity index (χ3n) is 24.0. The van der Waals surface area contributed by atoms with Gasteiger partial charge in [0.1, 0.15) is 17.2 Å². The molecular weight excluding hydrogens is 1820 g/mol. The summed E-state index contributed by atoms with van der Waals surface area (Å²) >= 11 is 0. The average molecular weight is 1920 g/mol. The monoisotopic (exact) mass is 1920 g/mol. The number of hydrogen-bond acceptors (Lipinski definition) is 13. The fourth-order valence-electron chi connectivity index (χ4n) is 14.9. The second-order valence-electron chi connectivity index (χ2n) is 35.0. The minimum atomic E-state index is -5.71. The highest BCUT2D eigenvalue weighted by molar-refractivity contribution is 7.88. The van der Waals surface area contributed by atoms with Gasteiger partial charge < -0.3 is 31.2 Å². The standard InChI is InChI=1S/2C25H27BO2.3C20H15F3O3S/c1-18-14-15-22(26-27-24(2,3)25(4,5)28-26)17-23(18)21-13-9-12-20(16-21)19-10-7-6-8-11-19;1-18-11-12-22(17-23(18)26-27-24(2,3)25(4,5)28-26)21-15-13-20(14-16-21)19-9-7-6-8-10-19;1-14-8-10-15(11-9-14)16-4-2-5-17(12-16)18-6-3-7-19(13-18)26-27(24,25)20(21,22)23;1-14-10-11-17(13-19(14)15-6-3-2-4-7-15)16-8-5-9-18(12-16)26-27(24,25)20(21,22)23;1-14-10-11-18(26-27(24,25)20(21,22)23)13-19(14)17-9-5-8-16(12-17)15-6-3-2-4-7-15/h2*6-17H,1-5H3;3*2-13H,1H3. The summed E-state index contributed by atoms with van der Waals surface area (Å²) in [5, 5.41) is 0. The van der Waals surface area contributed by atoms with Gasteiger partial charge in [-0.1, -0.05) is 314 Å². The van der Waals surface area contributed by atoms with Crippen LogP contribution >= 0.6 is 0 Å². The van der Waals surface area contributed by atoms with E-state index >= 15 is 0 Å². The van der Waals surface area contributed by atoms with E-state index in [1.807, 2.05) is 166 Å².